The number of benzene rings is 1. The van der Waals surface area contributed by atoms with Crippen molar-refractivity contribution >= 4 is 11.7 Å². The van der Waals surface area contributed by atoms with E-state index in [0.29, 0.717) is 5.69 Å². The minimum absolute atomic E-state index is 0.234. The second-order valence-corrected chi connectivity index (χ2v) is 3.95. The molecule has 5 nitrogen and oxygen atoms in total. The third-order valence-electron chi connectivity index (χ3n) is 2.56. The van der Waals surface area contributed by atoms with Crippen LogP contribution in [-0.2, 0) is 0 Å². The Balaban J connectivity index is 2.05. The number of hydrogen-bond donors (Lipinski definition) is 3. The molecule has 18 heavy (non-hydrogen) atoms. The van der Waals surface area contributed by atoms with Crippen LogP contribution in [-0.4, -0.2) is 16.1 Å². The summed E-state index contributed by atoms with van der Waals surface area (Å²) in [6.45, 7) is 1.81. The summed E-state index contributed by atoms with van der Waals surface area (Å²) in [5.41, 5.74) is 6.52. The SMILES string of the molecule is CC(NC(=O)c1cc(N)n[nH]1)c1ccc(F)cc1. The first-order chi connectivity index (χ1) is 8.56. The van der Waals surface area contributed by atoms with Gasteiger partial charge in [0.05, 0.1) is 6.04 Å². The van der Waals surface area contributed by atoms with Crippen molar-refractivity contribution in [3.63, 3.8) is 0 Å². The quantitative estimate of drug-likeness (QED) is 0.771. The second kappa shape index (κ2) is 4.87. The number of aromatic nitrogens is 2. The van der Waals surface area contributed by atoms with Crippen LogP contribution in [0, 0.1) is 5.82 Å². The maximum absolute atomic E-state index is 12.8. The van der Waals surface area contributed by atoms with Gasteiger partial charge in [-0.25, -0.2) is 4.39 Å². The van der Waals surface area contributed by atoms with Crippen LogP contribution in [0.2, 0.25) is 0 Å². The van der Waals surface area contributed by atoms with Gasteiger partial charge in [-0.15, -0.1) is 0 Å². The van der Waals surface area contributed by atoms with Gasteiger partial charge in [0, 0.05) is 6.07 Å². The Labute approximate surface area is 103 Å². The largest absolute Gasteiger partial charge is 0.382 e. The molecule has 6 heteroatoms. The number of nitrogens with zero attached hydrogens (tertiary/aromatic N) is 1. The highest BCUT2D eigenvalue weighted by atomic mass is 19.1. The van der Waals surface area contributed by atoms with Crippen molar-refractivity contribution in [2.24, 2.45) is 0 Å². The van der Waals surface area contributed by atoms with E-state index < -0.39 is 0 Å². The number of nitrogens with one attached hydrogen (secondary N) is 2. The third kappa shape index (κ3) is 2.65. The number of halogens is 1. The molecule has 0 aliphatic heterocycles. The molecule has 94 valence electrons. The third-order valence-corrected chi connectivity index (χ3v) is 2.56. The normalized spacial score (nSPS) is 12.1. The zero-order chi connectivity index (χ0) is 13.1. The zero-order valence-corrected chi connectivity index (χ0v) is 9.77. The topological polar surface area (TPSA) is 83.8 Å². The molecule has 2 rings (SSSR count). The van der Waals surface area contributed by atoms with Crippen LogP contribution in [0.4, 0.5) is 10.2 Å². The lowest BCUT2D eigenvalue weighted by Gasteiger charge is -2.13. The lowest BCUT2D eigenvalue weighted by atomic mass is 10.1. The standard InChI is InChI=1S/C12H13FN4O/c1-7(8-2-4-9(13)5-3-8)15-12(18)10-6-11(14)17-16-10/h2-7H,1H3,(H,15,18)(H3,14,16,17). The minimum Gasteiger partial charge on any atom is -0.382 e. The van der Waals surface area contributed by atoms with E-state index >= 15 is 0 Å². The predicted octanol–water partition coefficient (Wildman–Crippen LogP) is 1.62. The molecule has 0 saturated carbocycles. The molecular weight excluding hydrogens is 235 g/mol. The van der Waals surface area contributed by atoms with Gasteiger partial charge in [-0.3, -0.25) is 9.89 Å². The molecule has 0 fully saturated rings. The van der Waals surface area contributed by atoms with Crippen molar-refractivity contribution in [3.8, 4) is 0 Å². The van der Waals surface area contributed by atoms with Crippen molar-refractivity contribution in [1.82, 2.24) is 15.5 Å². The maximum Gasteiger partial charge on any atom is 0.269 e. The Morgan fingerprint density at radius 3 is 2.67 bits per heavy atom. The number of nitrogens with two attached hydrogens (primary N) is 1. The van der Waals surface area contributed by atoms with Gasteiger partial charge in [0.25, 0.3) is 5.91 Å². The fourth-order valence-electron chi connectivity index (χ4n) is 1.56. The first-order valence-corrected chi connectivity index (χ1v) is 5.43. The average molecular weight is 248 g/mol. The molecule has 0 aliphatic carbocycles. The van der Waals surface area contributed by atoms with E-state index in [1.165, 1.54) is 18.2 Å². The van der Waals surface area contributed by atoms with Crippen LogP contribution < -0.4 is 11.1 Å². The highest BCUT2D eigenvalue weighted by Gasteiger charge is 2.13. The summed E-state index contributed by atoms with van der Waals surface area (Å²) in [5, 5.41) is 8.95. The molecule has 0 bridgehead atoms. The van der Waals surface area contributed by atoms with Crippen LogP contribution in [0.15, 0.2) is 30.3 Å². The average Bonchev–Trinajstić information content (AvgIpc) is 2.76. The van der Waals surface area contributed by atoms with Gasteiger partial charge in [0.2, 0.25) is 0 Å². The first kappa shape index (κ1) is 12.1. The minimum atomic E-state index is -0.309. The molecule has 4 N–H and O–H groups in total. The summed E-state index contributed by atoms with van der Waals surface area (Å²) in [7, 11) is 0. The summed E-state index contributed by atoms with van der Waals surface area (Å²) < 4.78 is 12.8. The predicted molar refractivity (Wildman–Crippen MR) is 65.3 cm³/mol. The van der Waals surface area contributed by atoms with Crippen LogP contribution >= 0.6 is 0 Å². The van der Waals surface area contributed by atoms with Crippen LogP contribution in [0.3, 0.4) is 0 Å². The van der Waals surface area contributed by atoms with Crippen LogP contribution in [0.1, 0.15) is 29.0 Å². The highest BCUT2D eigenvalue weighted by Crippen LogP contribution is 2.13. The molecule has 1 amide bonds. The monoisotopic (exact) mass is 248 g/mol. The molecule has 1 atom stereocenters. The van der Waals surface area contributed by atoms with Gasteiger partial charge >= 0.3 is 0 Å². The molecule has 0 saturated heterocycles. The van der Waals surface area contributed by atoms with Crippen molar-refractivity contribution in [2.45, 2.75) is 13.0 Å². The van der Waals surface area contributed by atoms with Crippen LogP contribution in [0.25, 0.3) is 0 Å². The second-order valence-electron chi connectivity index (χ2n) is 3.95. The fourth-order valence-corrected chi connectivity index (χ4v) is 1.56. The van der Waals surface area contributed by atoms with E-state index in [2.05, 4.69) is 15.5 Å². The number of rotatable bonds is 3. The lowest BCUT2D eigenvalue weighted by Crippen LogP contribution is -2.26. The van der Waals surface area contributed by atoms with Gasteiger partial charge in [-0.2, -0.15) is 5.10 Å². The summed E-state index contributed by atoms with van der Waals surface area (Å²) in [6, 6.07) is 7.18. The Morgan fingerprint density at radius 1 is 1.44 bits per heavy atom. The molecular formula is C12H13FN4O. The Kier molecular flexibility index (Phi) is 3.27. The lowest BCUT2D eigenvalue weighted by molar-refractivity contribution is 0.0935. The number of nitrogen functional groups attached to an aromatic ring is 1. The Morgan fingerprint density at radius 2 is 2.11 bits per heavy atom. The number of aromatic amines is 1. The van der Waals surface area contributed by atoms with E-state index in [1.807, 2.05) is 6.92 Å². The zero-order valence-electron chi connectivity index (χ0n) is 9.77. The van der Waals surface area contributed by atoms with Gasteiger partial charge in [0.1, 0.15) is 17.3 Å². The molecule has 1 aromatic carbocycles. The van der Waals surface area contributed by atoms with Crippen LogP contribution in [0.5, 0.6) is 0 Å². The Hall–Kier alpha value is -2.37. The summed E-state index contributed by atoms with van der Waals surface area (Å²) >= 11 is 0. The van der Waals surface area contributed by atoms with Gasteiger partial charge in [-0.05, 0) is 24.6 Å². The number of anilines is 1. The van der Waals surface area contributed by atoms with Crippen molar-refractivity contribution in [3.05, 3.63) is 47.4 Å². The van der Waals surface area contributed by atoms with E-state index in [0.717, 1.165) is 5.56 Å². The van der Waals surface area contributed by atoms with E-state index in [4.69, 9.17) is 5.73 Å². The number of carbonyl (C=O) groups excluding carboxylic acids is 1. The number of hydrogen-bond acceptors (Lipinski definition) is 3. The van der Waals surface area contributed by atoms with Gasteiger partial charge in [0.15, 0.2) is 0 Å². The van der Waals surface area contributed by atoms with Gasteiger partial charge < -0.3 is 11.1 Å². The summed E-state index contributed by atoms with van der Waals surface area (Å²) in [5.74, 6) is -0.357. The van der Waals surface area contributed by atoms with Crippen molar-refractivity contribution < 1.29 is 9.18 Å². The van der Waals surface area contributed by atoms with E-state index in [1.54, 1.807) is 12.1 Å². The first-order valence-electron chi connectivity index (χ1n) is 5.43. The molecule has 2 aromatic rings. The highest BCUT2D eigenvalue weighted by molar-refractivity contribution is 5.93. The van der Waals surface area contributed by atoms with Gasteiger partial charge in [-0.1, -0.05) is 12.1 Å². The van der Waals surface area contributed by atoms with E-state index in [9.17, 15) is 9.18 Å². The summed E-state index contributed by atoms with van der Waals surface area (Å²) in [4.78, 5) is 11.8. The smallest absolute Gasteiger partial charge is 0.269 e. The summed E-state index contributed by atoms with van der Waals surface area (Å²) in [6.07, 6.45) is 0. The number of amides is 1. The fraction of sp³-hybridized carbons (Fsp3) is 0.167. The van der Waals surface area contributed by atoms with Crippen molar-refractivity contribution in [2.75, 3.05) is 5.73 Å². The molecule has 0 radical (unpaired) electrons. The number of carbonyl (C=O) groups is 1. The molecule has 1 unspecified atom stereocenters. The van der Waals surface area contributed by atoms with Crippen molar-refractivity contribution in [1.29, 1.82) is 0 Å². The molecule has 1 heterocycles. The maximum atomic E-state index is 12.8. The molecule has 1 aromatic heterocycles. The molecule has 0 aliphatic rings. The molecule has 0 spiro atoms. The Bertz CT molecular complexity index is 549. The number of H-pyrrole nitrogens is 1. The van der Waals surface area contributed by atoms with E-state index in [-0.39, 0.29) is 23.6 Å².